The number of aromatic nitrogens is 3. The molecular weight excluding hydrogens is 228 g/mol. The molecule has 2 heterocycles. The van der Waals surface area contributed by atoms with Crippen molar-refractivity contribution in [2.45, 2.75) is 26.9 Å². The average Bonchev–Trinajstić information content (AvgIpc) is 2.84. The van der Waals surface area contributed by atoms with Crippen LogP contribution in [-0.4, -0.2) is 21.3 Å². The Labute approximate surface area is 107 Å². The van der Waals surface area contributed by atoms with E-state index in [0.717, 1.165) is 36.8 Å². The second kappa shape index (κ2) is 6.16. The first kappa shape index (κ1) is 12.6. The third-order valence-corrected chi connectivity index (χ3v) is 2.51. The lowest BCUT2D eigenvalue weighted by atomic mass is 10.3. The van der Waals surface area contributed by atoms with Gasteiger partial charge in [-0.1, -0.05) is 6.92 Å². The van der Waals surface area contributed by atoms with Crippen LogP contribution in [0, 0.1) is 0 Å². The summed E-state index contributed by atoms with van der Waals surface area (Å²) in [6, 6.07) is 3.78. The lowest BCUT2D eigenvalue weighted by molar-refractivity contribution is 0.479. The summed E-state index contributed by atoms with van der Waals surface area (Å²) in [4.78, 5) is 4.28. The van der Waals surface area contributed by atoms with Gasteiger partial charge in [0.25, 0.3) is 0 Å². The van der Waals surface area contributed by atoms with Crippen LogP contribution in [0.5, 0.6) is 11.5 Å². The molecule has 2 aromatic rings. The van der Waals surface area contributed by atoms with Crippen LogP contribution in [0.3, 0.4) is 0 Å². The fourth-order valence-electron chi connectivity index (χ4n) is 1.58. The SMILES string of the molecule is CCNCc1cc(Oc2cnn(CC)c2)ccn1. The molecule has 0 aliphatic carbocycles. The normalized spacial score (nSPS) is 10.6. The monoisotopic (exact) mass is 246 g/mol. The second-order valence-electron chi connectivity index (χ2n) is 3.90. The Morgan fingerprint density at radius 2 is 2.22 bits per heavy atom. The van der Waals surface area contributed by atoms with Gasteiger partial charge in [0.05, 0.1) is 18.1 Å². The van der Waals surface area contributed by atoms with Gasteiger partial charge in [0.1, 0.15) is 5.75 Å². The molecule has 0 atom stereocenters. The Morgan fingerprint density at radius 1 is 1.33 bits per heavy atom. The molecule has 0 fully saturated rings. The molecule has 18 heavy (non-hydrogen) atoms. The molecular formula is C13H18N4O. The van der Waals surface area contributed by atoms with E-state index in [1.54, 1.807) is 12.4 Å². The number of hydrogen-bond acceptors (Lipinski definition) is 4. The molecule has 0 bridgehead atoms. The van der Waals surface area contributed by atoms with Gasteiger partial charge >= 0.3 is 0 Å². The van der Waals surface area contributed by atoms with Crippen molar-refractivity contribution in [1.82, 2.24) is 20.1 Å². The molecule has 2 aromatic heterocycles. The van der Waals surface area contributed by atoms with Crippen molar-refractivity contribution in [3.8, 4) is 11.5 Å². The van der Waals surface area contributed by atoms with Crippen LogP contribution in [0.2, 0.25) is 0 Å². The van der Waals surface area contributed by atoms with Gasteiger partial charge in [-0.15, -0.1) is 0 Å². The highest BCUT2D eigenvalue weighted by atomic mass is 16.5. The quantitative estimate of drug-likeness (QED) is 0.849. The van der Waals surface area contributed by atoms with Crippen LogP contribution in [0.1, 0.15) is 19.5 Å². The Balaban J connectivity index is 2.04. The molecule has 0 aliphatic heterocycles. The summed E-state index contributed by atoms with van der Waals surface area (Å²) >= 11 is 0. The molecule has 0 saturated carbocycles. The predicted octanol–water partition coefficient (Wildman–Crippen LogP) is 2.20. The van der Waals surface area contributed by atoms with E-state index in [1.165, 1.54) is 0 Å². The van der Waals surface area contributed by atoms with E-state index in [1.807, 2.05) is 29.9 Å². The standard InChI is InChI=1S/C13H18N4O/c1-3-14-8-11-7-12(5-6-15-11)18-13-9-16-17(4-2)10-13/h5-7,9-10,14H,3-4,8H2,1-2H3. The summed E-state index contributed by atoms with van der Waals surface area (Å²) in [6.07, 6.45) is 5.35. The molecule has 0 aliphatic rings. The molecule has 1 N–H and O–H groups in total. The van der Waals surface area contributed by atoms with E-state index < -0.39 is 0 Å². The van der Waals surface area contributed by atoms with Gasteiger partial charge in [0.15, 0.2) is 5.75 Å². The molecule has 2 rings (SSSR count). The van der Waals surface area contributed by atoms with Gasteiger partial charge < -0.3 is 10.1 Å². The second-order valence-corrected chi connectivity index (χ2v) is 3.90. The minimum Gasteiger partial charge on any atom is -0.454 e. The molecule has 96 valence electrons. The van der Waals surface area contributed by atoms with Crippen molar-refractivity contribution in [3.63, 3.8) is 0 Å². The smallest absolute Gasteiger partial charge is 0.165 e. The fraction of sp³-hybridized carbons (Fsp3) is 0.385. The summed E-state index contributed by atoms with van der Waals surface area (Å²) < 4.78 is 7.56. The van der Waals surface area contributed by atoms with Gasteiger partial charge in [-0.2, -0.15) is 5.10 Å². The molecule has 0 unspecified atom stereocenters. The number of nitrogens with zero attached hydrogens (tertiary/aromatic N) is 3. The Kier molecular flexibility index (Phi) is 4.30. The molecule has 5 nitrogen and oxygen atoms in total. The number of hydrogen-bond donors (Lipinski definition) is 1. The fourth-order valence-corrected chi connectivity index (χ4v) is 1.58. The van der Waals surface area contributed by atoms with E-state index in [4.69, 9.17) is 4.74 Å². The lowest BCUT2D eigenvalue weighted by Gasteiger charge is -2.05. The lowest BCUT2D eigenvalue weighted by Crippen LogP contribution is -2.12. The van der Waals surface area contributed by atoms with Crippen LogP contribution in [0.4, 0.5) is 0 Å². The molecule has 0 aromatic carbocycles. The first-order valence-electron chi connectivity index (χ1n) is 6.17. The van der Waals surface area contributed by atoms with Crippen molar-refractivity contribution >= 4 is 0 Å². The predicted molar refractivity (Wildman–Crippen MR) is 69.6 cm³/mol. The van der Waals surface area contributed by atoms with E-state index in [9.17, 15) is 0 Å². The molecule has 0 spiro atoms. The molecule has 5 heteroatoms. The summed E-state index contributed by atoms with van der Waals surface area (Å²) in [7, 11) is 0. The molecule has 0 radical (unpaired) electrons. The minimum atomic E-state index is 0.748. The number of aryl methyl sites for hydroxylation is 1. The first-order chi connectivity index (χ1) is 8.81. The van der Waals surface area contributed by atoms with Crippen LogP contribution in [0.25, 0.3) is 0 Å². The largest absolute Gasteiger partial charge is 0.454 e. The van der Waals surface area contributed by atoms with Gasteiger partial charge in [-0.3, -0.25) is 9.67 Å². The highest BCUT2D eigenvalue weighted by Crippen LogP contribution is 2.20. The number of ether oxygens (including phenoxy) is 1. The maximum atomic E-state index is 5.73. The Bertz CT molecular complexity index is 495. The van der Waals surface area contributed by atoms with Gasteiger partial charge in [0, 0.05) is 25.4 Å². The van der Waals surface area contributed by atoms with Gasteiger partial charge in [-0.25, -0.2) is 0 Å². The van der Waals surface area contributed by atoms with Crippen LogP contribution in [-0.2, 0) is 13.1 Å². The van der Waals surface area contributed by atoms with Crippen molar-refractivity contribution in [2.75, 3.05) is 6.54 Å². The summed E-state index contributed by atoms with van der Waals surface area (Å²) in [5, 5.41) is 7.40. The van der Waals surface area contributed by atoms with Crippen molar-refractivity contribution in [1.29, 1.82) is 0 Å². The van der Waals surface area contributed by atoms with E-state index in [2.05, 4.69) is 22.3 Å². The van der Waals surface area contributed by atoms with Crippen molar-refractivity contribution in [3.05, 3.63) is 36.4 Å². The van der Waals surface area contributed by atoms with Gasteiger partial charge in [0.2, 0.25) is 0 Å². The topological polar surface area (TPSA) is 52.0 Å². The van der Waals surface area contributed by atoms with E-state index in [0.29, 0.717) is 0 Å². The Hall–Kier alpha value is -1.88. The van der Waals surface area contributed by atoms with E-state index >= 15 is 0 Å². The minimum absolute atomic E-state index is 0.748. The van der Waals surface area contributed by atoms with Crippen LogP contribution < -0.4 is 10.1 Å². The molecule has 0 amide bonds. The van der Waals surface area contributed by atoms with Crippen LogP contribution >= 0.6 is 0 Å². The molecule has 0 saturated heterocycles. The maximum Gasteiger partial charge on any atom is 0.165 e. The van der Waals surface area contributed by atoms with Crippen LogP contribution in [0.15, 0.2) is 30.7 Å². The number of pyridine rings is 1. The zero-order valence-corrected chi connectivity index (χ0v) is 10.8. The summed E-state index contributed by atoms with van der Waals surface area (Å²) in [5.41, 5.74) is 0.970. The zero-order valence-electron chi connectivity index (χ0n) is 10.8. The highest BCUT2D eigenvalue weighted by molar-refractivity contribution is 5.28. The highest BCUT2D eigenvalue weighted by Gasteiger charge is 2.02. The summed E-state index contributed by atoms with van der Waals surface area (Å²) in [5.74, 6) is 1.53. The number of nitrogens with one attached hydrogen (secondary N) is 1. The first-order valence-corrected chi connectivity index (χ1v) is 6.17. The maximum absolute atomic E-state index is 5.73. The van der Waals surface area contributed by atoms with Crippen molar-refractivity contribution in [2.24, 2.45) is 0 Å². The van der Waals surface area contributed by atoms with Crippen molar-refractivity contribution < 1.29 is 4.74 Å². The third-order valence-electron chi connectivity index (χ3n) is 2.51. The summed E-state index contributed by atoms with van der Waals surface area (Å²) in [6.45, 7) is 6.63. The third kappa shape index (κ3) is 3.30. The van der Waals surface area contributed by atoms with Gasteiger partial charge in [-0.05, 0) is 19.5 Å². The average molecular weight is 246 g/mol. The zero-order chi connectivity index (χ0) is 12.8. The number of rotatable bonds is 6. The Morgan fingerprint density at radius 3 is 2.94 bits per heavy atom. The van der Waals surface area contributed by atoms with E-state index in [-0.39, 0.29) is 0 Å².